The Morgan fingerprint density at radius 2 is 2.00 bits per heavy atom. The second kappa shape index (κ2) is 5.07. The minimum Gasteiger partial charge on any atom is -0.329 e. The number of nitrogens with zero attached hydrogens (tertiary/aromatic N) is 1. The lowest BCUT2D eigenvalue weighted by Crippen LogP contribution is -2.40. The molecular formula is C10H14F2N2O2S. The number of rotatable bonds is 4. The molecule has 1 rings (SSSR count). The molecule has 0 aliphatic carbocycles. The molecule has 0 heterocycles. The molecule has 1 atom stereocenters. The fourth-order valence-electron chi connectivity index (χ4n) is 1.22. The Bertz CT molecular complexity index is 505. The van der Waals surface area contributed by atoms with E-state index in [1.165, 1.54) is 7.05 Å². The summed E-state index contributed by atoms with van der Waals surface area (Å²) in [7, 11) is -2.79. The van der Waals surface area contributed by atoms with E-state index < -0.39 is 32.6 Å². The molecule has 0 bridgehead atoms. The topological polar surface area (TPSA) is 63.4 Å². The van der Waals surface area contributed by atoms with Crippen molar-refractivity contribution in [2.45, 2.75) is 17.9 Å². The molecule has 0 saturated heterocycles. The van der Waals surface area contributed by atoms with Crippen LogP contribution in [-0.2, 0) is 10.0 Å². The Morgan fingerprint density at radius 3 is 2.53 bits per heavy atom. The van der Waals surface area contributed by atoms with Crippen LogP contribution in [0, 0.1) is 11.6 Å². The van der Waals surface area contributed by atoms with Gasteiger partial charge in [0.2, 0.25) is 10.0 Å². The van der Waals surface area contributed by atoms with E-state index in [0.717, 1.165) is 22.5 Å². The summed E-state index contributed by atoms with van der Waals surface area (Å²) in [4.78, 5) is -0.680. The fraction of sp³-hybridized carbons (Fsp3) is 0.400. The van der Waals surface area contributed by atoms with Crippen LogP contribution in [0.3, 0.4) is 0 Å². The molecule has 4 nitrogen and oxygen atoms in total. The van der Waals surface area contributed by atoms with Crippen molar-refractivity contribution in [1.29, 1.82) is 0 Å². The van der Waals surface area contributed by atoms with Crippen molar-refractivity contribution in [3.8, 4) is 0 Å². The number of benzene rings is 1. The molecule has 0 aliphatic heterocycles. The average molecular weight is 264 g/mol. The first kappa shape index (κ1) is 14.0. The maximum Gasteiger partial charge on any atom is 0.246 e. The Hall–Kier alpha value is -1.05. The van der Waals surface area contributed by atoms with Crippen LogP contribution in [-0.4, -0.2) is 32.4 Å². The third kappa shape index (κ3) is 2.62. The van der Waals surface area contributed by atoms with E-state index in [-0.39, 0.29) is 6.54 Å². The molecule has 0 aliphatic rings. The summed E-state index contributed by atoms with van der Waals surface area (Å²) in [6.45, 7) is 1.67. The van der Waals surface area contributed by atoms with Gasteiger partial charge in [-0.2, -0.15) is 4.31 Å². The molecule has 1 aromatic rings. The predicted octanol–water partition coefficient (Wildman–Crippen LogP) is 0.932. The van der Waals surface area contributed by atoms with Gasteiger partial charge in [0.1, 0.15) is 4.90 Å². The van der Waals surface area contributed by atoms with Crippen molar-refractivity contribution in [2.75, 3.05) is 13.6 Å². The molecule has 96 valence electrons. The predicted molar refractivity (Wildman–Crippen MR) is 59.8 cm³/mol. The van der Waals surface area contributed by atoms with Crippen LogP contribution in [0.25, 0.3) is 0 Å². The standard InChI is InChI=1S/C10H14F2N2O2S/c1-7(6-13)14(2)17(15,16)9-5-3-4-8(11)10(9)12/h3-5,7H,6,13H2,1-2H3. The molecule has 0 aromatic heterocycles. The van der Waals surface area contributed by atoms with E-state index in [2.05, 4.69) is 0 Å². The van der Waals surface area contributed by atoms with Gasteiger partial charge in [-0.25, -0.2) is 17.2 Å². The molecule has 1 aromatic carbocycles. The highest BCUT2D eigenvalue weighted by Gasteiger charge is 2.28. The van der Waals surface area contributed by atoms with Crippen LogP contribution in [0.15, 0.2) is 23.1 Å². The van der Waals surface area contributed by atoms with E-state index >= 15 is 0 Å². The second-order valence-electron chi connectivity index (χ2n) is 3.66. The molecular weight excluding hydrogens is 250 g/mol. The summed E-state index contributed by atoms with van der Waals surface area (Å²) in [6.07, 6.45) is 0. The van der Waals surface area contributed by atoms with Crippen LogP contribution >= 0.6 is 0 Å². The van der Waals surface area contributed by atoms with Crippen LogP contribution in [0.2, 0.25) is 0 Å². The Labute approximate surface area is 99.1 Å². The zero-order valence-corrected chi connectivity index (χ0v) is 10.3. The first-order valence-electron chi connectivity index (χ1n) is 4.94. The number of likely N-dealkylation sites (N-methyl/N-ethyl adjacent to an activating group) is 1. The van der Waals surface area contributed by atoms with Gasteiger partial charge >= 0.3 is 0 Å². The Balaban J connectivity index is 3.27. The summed E-state index contributed by atoms with van der Waals surface area (Å²) in [5.74, 6) is -2.57. The first-order valence-corrected chi connectivity index (χ1v) is 6.38. The van der Waals surface area contributed by atoms with E-state index in [0.29, 0.717) is 0 Å². The number of halogens is 2. The monoisotopic (exact) mass is 264 g/mol. The van der Waals surface area contributed by atoms with Gasteiger partial charge in [0.25, 0.3) is 0 Å². The first-order chi connectivity index (χ1) is 7.82. The highest BCUT2D eigenvalue weighted by Crippen LogP contribution is 2.21. The van der Waals surface area contributed by atoms with Crippen molar-refractivity contribution in [3.63, 3.8) is 0 Å². The minimum absolute atomic E-state index is 0.0899. The van der Waals surface area contributed by atoms with Gasteiger partial charge in [0.05, 0.1) is 0 Å². The fourth-order valence-corrected chi connectivity index (χ4v) is 2.67. The largest absolute Gasteiger partial charge is 0.329 e. The molecule has 0 fully saturated rings. The van der Waals surface area contributed by atoms with Gasteiger partial charge in [-0.05, 0) is 19.1 Å². The van der Waals surface area contributed by atoms with Crippen LogP contribution < -0.4 is 5.73 Å². The van der Waals surface area contributed by atoms with Gasteiger partial charge < -0.3 is 5.73 Å². The van der Waals surface area contributed by atoms with Gasteiger partial charge in [-0.15, -0.1) is 0 Å². The summed E-state index contributed by atoms with van der Waals surface area (Å²) < 4.78 is 51.2. The van der Waals surface area contributed by atoms with Crippen LogP contribution in [0.1, 0.15) is 6.92 Å². The molecule has 17 heavy (non-hydrogen) atoms. The van der Waals surface area contributed by atoms with Crippen molar-refractivity contribution in [1.82, 2.24) is 4.31 Å². The molecule has 0 radical (unpaired) electrons. The van der Waals surface area contributed by atoms with Gasteiger partial charge in [0, 0.05) is 19.6 Å². The van der Waals surface area contributed by atoms with Crippen molar-refractivity contribution >= 4 is 10.0 Å². The highest BCUT2D eigenvalue weighted by atomic mass is 32.2. The quantitative estimate of drug-likeness (QED) is 0.880. The number of sulfonamides is 1. The summed E-state index contributed by atoms with van der Waals surface area (Å²) >= 11 is 0. The van der Waals surface area contributed by atoms with Gasteiger partial charge in [-0.1, -0.05) is 6.07 Å². The maximum absolute atomic E-state index is 13.4. The smallest absolute Gasteiger partial charge is 0.246 e. The molecule has 0 saturated carbocycles. The number of nitrogens with two attached hydrogens (primary N) is 1. The minimum atomic E-state index is -4.07. The number of hydrogen-bond acceptors (Lipinski definition) is 3. The molecule has 2 N–H and O–H groups in total. The average Bonchev–Trinajstić information content (AvgIpc) is 2.30. The van der Waals surface area contributed by atoms with Gasteiger partial charge in [-0.3, -0.25) is 0 Å². The highest BCUT2D eigenvalue weighted by molar-refractivity contribution is 7.89. The van der Waals surface area contributed by atoms with Crippen LogP contribution in [0.5, 0.6) is 0 Å². The number of hydrogen-bond donors (Lipinski definition) is 1. The van der Waals surface area contributed by atoms with E-state index in [4.69, 9.17) is 5.73 Å². The second-order valence-corrected chi connectivity index (χ2v) is 5.62. The molecule has 1 unspecified atom stereocenters. The lowest BCUT2D eigenvalue weighted by atomic mass is 10.3. The normalized spacial score (nSPS) is 14.0. The Kier molecular flexibility index (Phi) is 4.18. The zero-order chi connectivity index (χ0) is 13.2. The Morgan fingerprint density at radius 1 is 1.41 bits per heavy atom. The van der Waals surface area contributed by atoms with E-state index in [9.17, 15) is 17.2 Å². The molecule has 0 spiro atoms. The summed E-state index contributed by atoms with van der Waals surface area (Å²) in [5.41, 5.74) is 5.34. The third-order valence-corrected chi connectivity index (χ3v) is 4.52. The third-order valence-electron chi connectivity index (χ3n) is 2.54. The molecule has 0 amide bonds. The SMILES string of the molecule is CC(CN)N(C)S(=O)(=O)c1cccc(F)c1F. The van der Waals surface area contributed by atoms with Crippen molar-refractivity contribution in [2.24, 2.45) is 5.73 Å². The lowest BCUT2D eigenvalue weighted by molar-refractivity contribution is 0.389. The van der Waals surface area contributed by atoms with Gasteiger partial charge in [0.15, 0.2) is 11.6 Å². The lowest BCUT2D eigenvalue weighted by Gasteiger charge is -2.23. The van der Waals surface area contributed by atoms with Crippen molar-refractivity contribution in [3.05, 3.63) is 29.8 Å². The molecule has 7 heteroatoms. The summed E-state index contributed by atoms with van der Waals surface area (Å²) in [5, 5.41) is 0. The van der Waals surface area contributed by atoms with E-state index in [1.807, 2.05) is 0 Å². The summed E-state index contributed by atoms with van der Waals surface area (Å²) in [6, 6.07) is 2.53. The van der Waals surface area contributed by atoms with Crippen molar-refractivity contribution < 1.29 is 17.2 Å². The van der Waals surface area contributed by atoms with E-state index in [1.54, 1.807) is 6.92 Å². The van der Waals surface area contributed by atoms with Crippen LogP contribution in [0.4, 0.5) is 8.78 Å². The maximum atomic E-state index is 13.4. The zero-order valence-electron chi connectivity index (χ0n) is 9.52.